The quantitative estimate of drug-likeness (QED) is 0.811. The van der Waals surface area contributed by atoms with Gasteiger partial charge in [0.05, 0.1) is 0 Å². The molecule has 1 aromatic rings. The second kappa shape index (κ2) is 7.70. The highest BCUT2D eigenvalue weighted by Crippen LogP contribution is 2.15. The van der Waals surface area contributed by atoms with Gasteiger partial charge < -0.3 is 10.2 Å². The molecule has 0 aliphatic carbocycles. The molecule has 1 aliphatic heterocycles. The minimum absolute atomic E-state index is 0.560. The third-order valence-electron chi connectivity index (χ3n) is 3.50. The number of nitrogens with one attached hydrogen (secondary N) is 1. The maximum absolute atomic E-state index is 4.27. The molecule has 0 aromatic carbocycles. The van der Waals surface area contributed by atoms with Crippen LogP contribution in [0.4, 0.5) is 5.82 Å². The number of thioether (sulfide) groups is 1. The molecule has 106 valence electrons. The zero-order chi connectivity index (χ0) is 13.5. The second-order valence-corrected chi connectivity index (χ2v) is 6.40. The van der Waals surface area contributed by atoms with E-state index in [2.05, 4.69) is 27.1 Å². The average Bonchev–Trinajstić information content (AvgIpc) is 2.41. The highest BCUT2D eigenvalue weighted by Gasteiger charge is 2.18. The highest BCUT2D eigenvalue weighted by molar-refractivity contribution is 7.99. The molecule has 19 heavy (non-hydrogen) atoms. The minimum atomic E-state index is 0.560. The SMILES string of the molecule is CCSCCN1CCC(Nc2cc(C)ncn2)CC1. The molecule has 2 rings (SSSR count). The maximum atomic E-state index is 4.27. The van der Waals surface area contributed by atoms with Gasteiger partial charge in [-0.25, -0.2) is 9.97 Å². The Hall–Kier alpha value is -0.810. The lowest BCUT2D eigenvalue weighted by Crippen LogP contribution is -2.40. The molecule has 1 N–H and O–H groups in total. The zero-order valence-corrected chi connectivity index (χ0v) is 12.7. The zero-order valence-electron chi connectivity index (χ0n) is 11.9. The third-order valence-corrected chi connectivity index (χ3v) is 4.38. The van der Waals surface area contributed by atoms with Gasteiger partial charge in [-0.3, -0.25) is 0 Å². The van der Waals surface area contributed by atoms with Crippen molar-refractivity contribution >= 4 is 17.6 Å². The Kier molecular flexibility index (Phi) is 5.92. The van der Waals surface area contributed by atoms with E-state index in [4.69, 9.17) is 0 Å². The molecule has 0 radical (unpaired) electrons. The molecule has 0 bridgehead atoms. The summed E-state index contributed by atoms with van der Waals surface area (Å²) in [6.45, 7) is 7.86. The summed E-state index contributed by atoms with van der Waals surface area (Å²) >= 11 is 2.03. The summed E-state index contributed by atoms with van der Waals surface area (Å²) in [5, 5.41) is 3.53. The molecule has 2 heterocycles. The van der Waals surface area contributed by atoms with Crippen LogP contribution < -0.4 is 5.32 Å². The van der Waals surface area contributed by atoms with Crippen LogP contribution in [-0.2, 0) is 0 Å². The van der Waals surface area contributed by atoms with Gasteiger partial charge in [0, 0.05) is 43.2 Å². The fourth-order valence-electron chi connectivity index (χ4n) is 2.38. The molecule has 0 spiro atoms. The Bertz CT molecular complexity index is 377. The van der Waals surface area contributed by atoms with Crippen molar-refractivity contribution in [2.24, 2.45) is 0 Å². The van der Waals surface area contributed by atoms with Gasteiger partial charge in [-0.2, -0.15) is 11.8 Å². The van der Waals surface area contributed by atoms with Crippen molar-refractivity contribution in [3.8, 4) is 0 Å². The first-order chi connectivity index (χ1) is 9.28. The topological polar surface area (TPSA) is 41.0 Å². The summed E-state index contributed by atoms with van der Waals surface area (Å²) in [6.07, 6.45) is 4.05. The molecule has 1 fully saturated rings. The number of hydrogen-bond acceptors (Lipinski definition) is 5. The number of anilines is 1. The molecular formula is C14H24N4S. The number of likely N-dealkylation sites (tertiary alicyclic amines) is 1. The van der Waals surface area contributed by atoms with Crippen LogP contribution in [0.5, 0.6) is 0 Å². The van der Waals surface area contributed by atoms with E-state index in [-0.39, 0.29) is 0 Å². The van der Waals surface area contributed by atoms with E-state index in [1.165, 1.54) is 44.0 Å². The smallest absolute Gasteiger partial charge is 0.129 e. The molecule has 0 atom stereocenters. The molecule has 1 aromatic heterocycles. The number of rotatable bonds is 6. The Morgan fingerprint density at radius 3 is 2.84 bits per heavy atom. The first-order valence-corrected chi connectivity index (χ1v) is 8.28. The molecule has 0 saturated carbocycles. The first kappa shape index (κ1) is 14.6. The van der Waals surface area contributed by atoms with E-state index in [0.717, 1.165) is 11.5 Å². The van der Waals surface area contributed by atoms with E-state index in [0.29, 0.717) is 6.04 Å². The van der Waals surface area contributed by atoms with Crippen molar-refractivity contribution in [2.45, 2.75) is 32.7 Å². The van der Waals surface area contributed by atoms with Crippen LogP contribution in [0.3, 0.4) is 0 Å². The van der Waals surface area contributed by atoms with Crippen LogP contribution in [0.1, 0.15) is 25.5 Å². The fraction of sp³-hybridized carbons (Fsp3) is 0.714. The number of aromatic nitrogens is 2. The molecule has 0 amide bonds. The van der Waals surface area contributed by atoms with Crippen molar-refractivity contribution in [3.63, 3.8) is 0 Å². The van der Waals surface area contributed by atoms with Gasteiger partial charge in [0.1, 0.15) is 12.1 Å². The van der Waals surface area contributed by atoms with Crippen LogP contribution in [-0.4, -0.2) is 52.0 Å². The van der Waals surface area contributed by atoms with Crippen molar-refractivity contribution in [1.29, 1.82) is 0 Å². The van der Waals surface area contributed by atoms with Crippen LogP contribution >= 0.6 is 11.8 Å². The van der Waals surface area contributed by atoms with Crippen LogP contribution in [0.25, 0.3) is 0 Å². The maximum Gasteiger partial charge on any atom is 0.129 e. The fourth-order valence-corrected chi connectivity index (χ4v) is 3.06. The summed E-state index contributed by atoms with van der Waals surface area (Å²) in [4.78, 5) is 11.0. The van der Waals surface area contributed by atoms with Gasteiger partial charge in [-0.05, 0) is 25.5 Å². The van der Waals surface area contributed by atoms with Gasteiger partial charge in [0.25, 0.3) is 0 Å². The van der Waals surface area contributed by atoms with E-state index in [1.54, 1.807) is 6.33 Å². The number of hydrogen-bond donors (Lipinski definition) is 1. The number of aryl methyl sites for hydroxylation is 1. The standard InChI is InChI=1S/C14H24N4S/c1-3-19-9-8-18-6-4-13(5-7-18)17-14-10-12(2)15-11-16-14/h10-11,13H,3-9H2,1-2H3,(H,15,16,17). The summed E-state index contributed by atoms with van der Waals surface area (Å²) in [6, 6.07) is 2.58. The van der Waals surface area contributed by atoms with Crippen molar-refractivity contribution in [2.75, 3.05) is 36.5 Å². The lowest BCUT2D eigenvalue weighted by Gasteiger charge is -2.32. The number of nitrogens with zero attached hydrogens (tertiary/aromatic N) is 3. The van der Waals surface area contributed by atoms with Gasteiger partial charge >= 0.3 is 0 Å². The summed E-state index contributed by atoms with van der Waals surface area (Å²) < 4.78 is 0. The highest BCUT2D eigenvalue weighted by atomic mass is 32.2. The average molecular weight is 280 g/mol. The Morgan fingerprint density at radius 2 is 2.16 bits per heavy atom. The first-order valence-electron chi connectivity index (χ1n) is 7.13. The normalized spacial score (nSPS) is 17.6. The minimum Gasteiger partial charge on any atom is -0.367 e. The van der Waals surface area contributed by atoms with E-state index < -0.39 is 0 Å². The Morgan fingerprint density at radius 1 is 1.37 bits per heavy atom. The Labute approximate surface area is 120 Å². The molecule has 1 aliphatic rings. The monoisotopic (exact) mass is 280 g/mol. The third kappa shape index (κ3) is 4.99. The van der Waals surface area contributed by atoms with E-state index >= 15 is 0 Å². The molecule has 0 unspecified atom stereocenters. The van der Waals surface area contributed by atoms with Gasteiger partial charge in [-0.15, -0.1) is 0 Å². The van der Waals surface area contributed by atoms with Crippen LogP contribution in [0, 0.1) is 6.92 Å². The number of piperidine rings is 1. The van der Waals surface area contributed by atoms with Crippen molar-refractivity contribution in [1.82, 2.24) is 14.9 Å². The lowest BCUT2D eigenvalue weighted by molar-refractivity contribution is 0.231. The summed E-state index contributed by atoms with van der Waals surface area (Å²) in [7, 11) is 0. The summed E-state index contributed by atoms with van der Waals surface area (Å²) in [5.41, 5.74) is 1.02. The lowest BCUT2D eigenvalue weighted by atomic mass is 10.1. The van der Waals surface area contributed by atoms with Crippen LogP contribution in [0.2, 0.25) is 0 Å². The van der Waals surface area contributed by atoms with Crippen molar-refractivity contribution < 1.29 is 0 Å². The van der Waals surface area contributed by atoms with E-state index in [1.807, 2.05) is 24.8 Å². The molecule has 5 heteroatoms. The summed E-state index contributed by atoms with van der Waals surface area (Å²) in [5.74, 6) is 3.46. The molecule has 4 nitrogen and oxygen atoms in total. The van der Waals surface area contributed by atoms with Gasteiger partial charge in [-0.1, -0.05) is 6.92 Å². The Balaban J connectivity index is 1.71. The predicted molar refractivity (Wildman–Crippen MR) is 82.9 cm³/mol. The van der Waals surface area contributed by atoms with E-state index in [9.17, 15) is 0 Å². The predicted octanol–water partition coefficient (Wildman–Crippen LogP) is 2.41. The van der Waals surface area contributed by atoms with Gasteiger partial charge in [0.2, 0.25) is 0 Å². The second-order valence-electron chi connectivity index (χ2n) is 5.00. The largest absolute Gasteiger partial charge is 0.367 e. The van der Waals surface area contributed by atoms with Crippen molar-refractivity contribution in [3.05, 3.63) is 18.1 Å². The molecule has 1 saturated heterocycles. The molecular weight excluding hydrogens is 256 g/mol. The van der Waals surface area contributed by atoms with Gasteiger partial charge in [0.15, 0.2) is 0 Å². The van der Waals surface area contributed by atoms with Crippen LogP contribution in [0.15, 0.2) is 12.4 Å².